The van der Waals surface area contributed by atoms with Crippen LogP contribution in [0.15, 0.2) is 41.5 Å². The van der Waals surface area contributed by atoms with Gasteiger partial charge in [-0.15, -0.1) is 0 Å². The summed E-state index contributed by atoms with van der Waals surface area (Å²) in [5.41, 5.74) is -4.65. The minimum absolute atomic E-state index is 0.0472. The molecule has 1 aromatic carbocycles. The highest BCUT2D eigenvalue weighted by molar-refractivity contribution is 5.93. The molecule has 2 bridgehead atoms. The first kappa shape index (κ1) is 44.8. The maximum atomic E-state index is 14.7. The fourth-order valence-electron chi connectivity index (χ4n) is 10.7. The number of aliphatic hydroxyl groups is 3. The van der Waals surface area contributed by atoms with E-state index in [4.69, 9.17) is 18.9 Å². The van der Waals surface area contributed by atoms with Crippen LogP contribution in [0, 0.1) is 28.1 Å². The van der Waals surface area contributed by atoms with Crippen molar-refractivity contribution in [1.29, 1.82) is 0 Å². The van der Waals surface area contributed by atoms with Crippen LogP contribution in [0.4, 0.5) is 4.79 Å². The van der Waals surface area contributed by atoms with E-state index in [1.54, 1.807) is 78.8 Å². The number of aliphatic hydroxyl groups excluding tert-OH is 2. The van der Waals surface area contributed by atoms with E-state index in [1.165, 1.54) is 0 Å². The highest BCUT2D eigenvalue weighted by Crippen LogP contribution is 2.66. The Labute approximate surface area is 338 Å². The van der Waals surface area contributed by atoms with E-state index in [1.807, 2.05) is 13.8 Å². The summed E-state index contributed by atoms with van der Waals surface area (Å²) in [6.45, 7) is 18.4. The van der Waals surface area contributed by atoms with Crippen molar-refractivity contribution in [3.63, 3.8) is 0 Å². The van der Waals surface area contributed by atoms with Crippen LogP contribution < -0.4 is 5.32 Å². The van der Waals surface area contributed by atoms with Crippen LogP contribution in [-0.2, 0) is 33.3 Å². The molecule has 0 spiro atoms. The van der Waals surface area contributed by atoms with Crippen molar-refractivity contribution in [3.05, 3.63) is 47.0 Å². The second-order valence-electron chi connectivity index (χ2n) is 19.1. The first-order chi connectivity index (χ1) is 26.5. The predicted octanol–water partition coefficient (Wildman–Crippen LogP) is 6.68. The highest BCUT2D eigenvalue weighted by Gasteiger charge is 2.73. The largest absolute Gasteiger partial charge is 0.455 e. The van der Waals surface area contributed by atoms with E-state index in [0.29, 0.717) is 24.2 Å². The maximum absolute atomic E-state index is 14.7. The number of Topliss-reactive ketones (excluding diaryl/α,β-unsaturated/α-hetero) is 1. The number of rotatable bonds is 13. The van der Waals surface area contributed by atoms with Crippen molar-refractivity contribution in [2.24, 2.45) is 28.1 Å². The highest BCUT2D eigenvalue weighted by atomic mass is 16.6. The molecule has 0 radical (unpaired) electrons. The standard InChI is InChI=1S/C45H67NO11/c1-11-12-13-14-15-19-22-32(48)56-36(34(28-20-17-16-18-21-28)46-40(52)57-41(4,5)6)39(51)55-29-24-45(53)27(3)37-43(9)25-54-31(43)23-30(47)44(37,10)38(50)35(49)33(26(29)2)42(45,7)8/h16-18,20-21,27,29-31,34-37,47,49,53H,11-15,19,22-25H2,1-10H3,(H,46,52)/t27?,29-,30-,31+,34-,35+,36+,37?,43+,44+,45+/m0/s1. The summed E-state index contributed by atoms with van der Waals surface area (Å²) in [7, 11) is 0. The monoisotopic (exact) mass is 797 g/mol. The number of esters is 2. The number of hydrogen-bond donors (Lipinski definition) is 4. The summed E-state index contributed by atoms with van der Waals surface area (Å²) in [4.78, 5) is 56.2. The molecule has 3 fully saturated rings. The average molecular weight is 798 g/mol. The molecular formula is C45H67NO11. The van der Waals surface area contributed by atoms with Gasteiger partial charge in [0.2, 0.25) is 6.10 Å². The van der Waals surface area contributed by atoms with Gasteiger partial charge >= 0.3 is 18.0 Å². The zero-order valence-corrected chi connectivity index (χ0v) is 35.7. The van der Waals surface area contributed by atoms with Gasteiger partial charge in [-0.2, -0.15) is 0 Å². The van der Waals surface area contributed by atoms with Gasteiger partial charge in [-0.25, -0.2) is 9.59 Å². The number of carbonyl (C=O) groups is 4. The quantitative estimate of drug-likeness (QED) is 0.0725. The molecule has 1 heterocycles. The number of carbonyl (C=O) groups excluding carboxylic acids is 4. The summed E-state index contributed by atoms with van der Waals surface area (Å²) in [5, 5.41) is 39.6. The second-order valence-corrected chi connectivity index (χ2v) is 19.1. The normalized spacial score (nSPS) is 34.3. The zero-order chi connectivity index (χ0) is 42.3. The Bertz CT molecular complexity index is 1680. The van der Waals surface area contributed by atoms with E-state index < -0.39 is 93.6 Å². The lowest BCUT2D eigenvalue weighted by Crippen LogP contribution is -2.75. The van der Waals surface area contributed by atoms with Crippen molar-refractivity contribution in [2.45, 2.75) is 175 Å². The number of unbranched alkanes of at least 4 members (excludes halogenated alkanes) is 5. The fourth-order valence-corrected chi connectivity index (χ4v) is 10.7. The molecule has 5 rings (SSSR count). The molecule has 1 aromatic rings. The minimum atomic E-state index is -1.72. The summed E-state index contributed by atoms with van der Waals surface area (Å²) >= 11 is 0. The van der Waals surface area contributed by atoms with E-state index in [2.05, 4.69) is 12.2 Å². The number of ether oxygens (including phenoxy) is 4. The predicted molar refractivity (Wildman–Crippen MR) is 213 cm³/mol. The van der Waals surface area contributed by atoms with Crippen molar-refractivity contribution in [3.8, 4) is 0 Å². The van der Waals surface area contributed by atoms with Gasteiger partial charge in [0.25, 0.3) is 0 Å². The Kier molecular flexibility index (Phi) is 13.1. The molecule has 1 saturated heterocycles. The topological polar surface area (TPSA) is 178 Å². The Morgan fingerprint density at radius 3 is 2.23 bits per heavy atom. The van der Waals surface area contributed by atoms with E-state index in [0.717, 1.165) is 32.1 Å². The maximum Gasteiger partial charge on any atom is 0.408 e. The first-order valence-corrected chi connectivity index (χ1v) is 20.9. The van der Waals surface area contributed by atoms with Crippen LogP contribution in [-0.4, -0.2) is 87.5 Å². The number of hydrogen-bond acceptors (Lipinski definition) is 11. The van der Waals surface area contributed by atoms with Crippen LogP contribution in [0.1, 0.15) is 139 Å². The molecule has 2 saturated carbocycles. The van der Waals surface area contributed by atoms with Gasteiger partial charge in [0.05, 0.1) is 29.8 Å². The SMILES string of the molecule is CCCCCCCCC(=O)O[C@@H](C(=O)O[C@H]1C[C@@]2(O)C(C)C3[C@]4(C)CO[C@@H]4C[C@H](O)[C@@]3(C)C(=O)[C@H](O)C(=C1C)C2(C)C)[C@@H](NC(=O)OC(C)(C)C)c1ccccc1. The lowest BCUT2D eigenvalue weighted by atomic mass is 9.40. The van der Waals surface area contributed by atoms with Crippen LogP contribution in [0.2, 0.25) is 0 Å². The lowest BCUT2D eigenvalue weighted by molar-refractivity contribution is -0.302. The minimum Gasteiger partial charge on any atom is -0.455 e. The first-order valence-electron chi connectivity index (χ1n) is 20.9. The third kappa shape index (κ3) is 8.30. The molecule has 1 amide bonds. The molecule has 2 unspecified atom stereocenters. The Balaban J connectivity index is 1.54. The van der Waals surface area contributed by atoms with Crippen molar-refractivity contribution >= 4 is 23.8 Å². The Hall–Kier alpha value is -3.32. The summed E-state index contributed by atoms with van der Waals surface area (Å²) in [6, 6.07) is 7.40. The molecule has 11 atom stereocenters. The number of amides is 1. The van der Waals surface area contributed by atoms with Crippen LogP contribution >= 0.6 is 0 Å². The zero-order valence-electron chi connectivity index (χ0n) is 35.7. The molecule has 57 heavy (non-hydrogen) atoms. The second kappa shape index (κ2) is 16.7. The van der Waals surface area contributed by atoms with Crippen molar-refractivity contribution < 1.29 is 53.4 Å². The molecule has 3 aliphatic carbocycles. The van der Waals surface area contributed by atoms with E-state index >= 15 is 0 Å². The van der Waals surface area contributed by atoms with Crippen molar-refractivity contribution in [1.82, 2.24) is 5.32 Å². The number of ketones is 1. The van der Waals surface area contributed by atoms with Gasteiger partial charge in [0.15, 0.2) is 5.78 Å². The third-order valence-electron chi connectivity index (χ3n) is 13.9. The number of benzene rings is 1. The molecule has 12 nitrogen and oxygen atoms in total. The number of alkyl carbamates (subject to hydrolysis) is 1. The molecule has 4 aliphatic rings. The third-order valence-corrected chi connectivity index (χ3v) is 13.9. The van der Waals surface area contributed by atoms with Gasteiger partial charge in [-0.05, 0) is 69.6 Å². The van der Waals surface area contributed by atoms with Gasteiger partial charge < -0.3 is 39.6 Å². The van der Waals surface area contributed by atoms with Gasteiger partial charge in [-0.3, -0.25) is 9.59 Å². The lowest BCUT2D eigenvalue weighted by Gasteiger charge is -2.68. The summed E-state index contributed by atoms with van der Waals surface area (Å²) in [6.07, 6.45) is -1.09. The van der Waals surface area contributed by atoms with E-state index in [-0.39, 0.29) is 30.9 Å². The average Bonchev–Trinajstić information content (AvgIpc) is 3.13. The smallest absolute Gasteiger partial charge is 0.408 e. The molecular weight excluding hydrogens is 730 g/mol. The van der Waals surface area contributed by atoms with Gasteiger partial charge in [-0.1, -0.05) is 97.1 Å². The van der Waals surface area contributed by atoms with Gasteiger partial charge in [0, 0.05) is 30.1 Å². The van der Waals surface area contributed by atoms with Gasteiger partial charge in [0.1, 0.15) is 23.9 Å². The van der Waals surface area contributed by atoms with Crippen molar-refractivity contribution in [2.75, 3.05) is 6.61 Å². The van der Waals surface area contributed by atoms with Crippen LogP contribution in [0.25, 0.3) is 0 Å². The Morgan fingerprint density at radius 1 is 1.00 bits per heavy atom. The van der Waals surface area contributed by atoms with Crippen LogP contribution in [0.3, 0.4) is 0 Å². The fraction of sp³-hybridized carbons (Fsp3) is 0.733. The number of fused-ring (bicyclic) bond motifs is 5. The molecule has 318 valence electrons. The van der Waals surface area contributed by atoms with Crippen LogP contribution in [0.5, 0.6) is 0 Å². The molecule has 4 N–H and O–H groups in total. The molecule has 1 aliphatic heterocycles. The van der Waals surface area contributed by atoms with E-state index in [9.17, 15) is 34.5 Å². The Morgan fingerprint density at radius 2 is 1.63 bits per heavy atom. The molecule has 12 heteroatoms. The molecule has 0 aromatic heterocycles. The summed E-state index contributed by atoms with van der Waals surface area (Å²) < 4.78 is 23.7. The number of nitrogens with one attached hydrogen (secondary N) is 1. The summed E-state index contributed by atoms with van der Waals surface area (Å²) in [5.74, 6) is -3.43.